The molecule has 0 saturated heterocycles. The third-order valence-corrected chi connectivity index (χ3v) is 3.36. The van der Waals surface area contributed by atoms with Crippen LogP contribution in [0.3, 0.4) is 0 Å². The van der Waals surface area contributed by atoms with Gasteiger partial charge in [-0.25, -0.2) is 0 Å². The third kappa shape index (κ3) is 5.65. The van der Waals surface area contributed by atoms with Crippen LogP contribution in [0.2, 0.25) is 0 Å². The lowest BCUT2D eigenvalue weighted by molar-refractivity contribution is 0.127. The van der Waals surface area contributed by atoms with E-state index in [0.29, 0.717) is 17.9 Å². The molecule has 0 amide bonds. The van der Waals surface area contributed by atoms with Crippen molar-refractivity contribution < 1.29 is 4.74 Å². The van der Waals surface area contributed by atoms with Crippen LogP contribution in [0.25, 0.3) is 0 Å². The molecule has 1 rings (SSSR count). The van der Waals surface area contributed by atoms with E-state index in [1.54, 1.807) is 7.11 Å². The smallest absolute Gasteiger partial charge is 0.0491 e. The average molecular weight is 249 g/mol. The first kappa shape index (κ1) is 15.2. The molecule has 0 spiro atoms. The second-order valence-electron chi connectivity index (χ2n) is 5.45. The number of ether oxygens (including phenoxy) is 1. The number of hydrogen-bond donors (Lipinski definition) is 1. The minimum absolute atomic E-state index is 0.540. The molecule has 2 atom stereocenters. The monoisotopic (exact) mass is 249 g/mol. The number of benzene rings is 1. The maximum Gasteiger partial charge on any atom is 0.0491 e. The van der Waals surface area contributed by atoms with Crippen molar-refractivity contribution in [2.75, 3.05) is 20.3 Å². The first-order valence-corrected chi connectivity index (χ1v) is 6.89. The summed E-state index contributed by atoms with van der Waals surface area (Å²) in [6, 6.07) is 11.3. The summed E-state index contributed by atoms with van der Waals surface area (Å²) in [6.45, 7) is 8.55. The summed E-state index contributed by atoms with van der Waals surface area (Å²) in [6.07, 6.45) is 1.12. The van der Waals surface area contributed by atoms with Crippen LogP contribution in [-0.2, 0) is 11.2 Å². The molecule has 0 fully saturated rings. The van der Waals surface area contributed by atoms with E-state index in [0.717, 1.165) is 19.6 Å². The van der Waals surface area contributed by atoms with Crippen molar-refractivity contribution in [3.63, 3.8) is 0 Å². The molecule has 2 heteroatoms. The highest BCUT2D eigenvalue weighted by Crippen LogP contribution is 2.17. The highest BCUT2D eigenvalue weighted by Gasteiger charge is 2.17. The lowest BCUT2D eigenvalue weighted by Crippen LogP contribution is -2.34. The van der Waals surface area contributed by atoms with Gasteiger partial charge < -0.3 is 10.1 Å². The number of hydrogen-bond acceptors (Lipinski definition) is 2. The predicted molar refractivity (Wildman–Crippen MR) is 77.8 cm³/mol. The fraction of sp³-hybridized carbons (Fsp3) is 0.625. The normalized spacial score (nSPS) is 14.7. The summed E-state index contributed by atoms with van der Waals surface area (Å²) in [5, 5.41) is 3.55. The van der Waals surface area contributed by atoms with E-state index in [1.807, 2.05) is 0 Å². The zero-order valence-electron chi connectivity index (χ0n) is 12.1. The van der Waals surface area contributed by atoms with E-state index in [1.165, 1.54) is 5.56 Å². The summed E-state index contributed by atoms with van der Waals surface area (Å²) < 4.78 is 5.30. The van der Waals surface area contributed by atoms with Gasteiger partial charge in [0.05, 0.1) is 0 Å². The molecule has 0 aliphatic heterocycles. The topological polar surface area (TPSA) is 21.3 Å². The van der Waals surface area contributed by atoms with Crippen molar-refractivity contribution in [3.05, 3.63) is 35.9 Å². The van der Waals surface area contributed by atoms with Gasteiger partial charge in [-0.05, 0) is 30.4 Å². The van der Waals surface area contributed by atoms with Gasteiger partial charge >= 0.3 is 0 Å². The third-order valence-electron chi connectivity index (χ3n) is 3.36. The highest BCUT2D eigenvalue weighted by molar-refractivity contribution is 5.15. The molecule has 0 radical (unpaired) electrons. The van der Waals surface area contributed by atoms with Crippen molar-refractivity contribution in [1.82, 2.24) is 5.32 Å². The first-order chi connectivity index (χ1) is 8.63. The summed E-state index contributed by atoms with van der Waals surface area (Å²) in [5.74, 6) is 1.19. The van der Waals surface area contributed by atoms with Crippen molar-refractivity contribution in [2.24, 2.45) is 11.8 Å². The molecule has 0 heterocycles. The lowest BCUT2D eigenvalue weighted by atomic mass is 9.88. The van der Waals surface area contributed by atoms with Gasteiger partial charge in [-0.2, -0.15) is 0 Å². The lowest BCUT2D eigenvalue weighted by Gasteiger charge is -2.25. The van der Waals surface area contributed by atoms with Crippen LogP contribution < -0.4 is 5.32 Å². The van der Waals surface area contributed by atoms with Gasteiger partial charge in [-0.1, -0.05) is 51.1 Å². The van der Waals surface area contributed by atoms with Gasteiger partial charge in [0, 0.05) is 19.8 Å². The molecule has 0 aliphatic rings. The molecule has 102 valence electrons. The standard InChI is InChI=1S/C16H27NO/c1-13(2)17-11-16(14(3)12-18-4)10-15-8-6-5-7-9-15/h5-9,13-14,16-17H,10-12H2,1-4H3. The van der Waals surface area contributed by atoms with Crippen LogP contribution in [0.5, 0.6) is 0 Å². The van der Waals surface area contributed by atoms with Crippen LogP contribution >= 0.6 is 0 Å². The Morgan fingerprint density at radius 3 is 2.33 bits per heavy atom. The Labute approximate surface area is 112 Å². The van der Waals surface area contributed by atoms with Crippen LogP contribution in [0.1, 0.15) is 26.3 Å². The van der Waals surface area contributed by atoms with Gasteiger partial charge in [-0.3, -0.25) is 0 Å². The second kappa shape index (κ2) is 8.28. The summed E-state index contributed by atoms with van der Waals surface area (Å²) in [5.41, 5.74) is 1.41. The Bertz CT molecular complexity index is 310. The summed E-state index contributed by atoms with van der Waals surface area (Å²) in [7, 11) is 1.78. The quantitative estimate of drug-likeness (QED) is 0.764. The molecule has 1 N–H and O–H groups in total. The Hall–Kier alpha value is -0.860. The maximum absolute atomic E-state index is 5.30. The molecule has 1 aromatic rings. The van der Waals surface area contributed by atoms with Gasteiger partial charge in [-0.15, -0.1) is 0 Å². The molecule has 0 aromatic heterocycles. The molecule has 1 aromatic carbocycles. The Balaban J connectivity index is 2.59. The number of methoxy groups -OCH3 is 1. The van der Waals surface area contributed by atoms with Gasteiger partial charge in [0.1, 0.15) is 0 Å². The molecular formula is C16H27NO. The molecular weight excluding hydrogens is 222 g/mol. The minimum atomic E-state index is 0.540. The zero-order valence-corrected chi connectivity index (χ0v) is 12.1. The van der Waals surface area contributed by atoms with E-state index in [2.05, 4.69) is 56.4 Å². The molecule has 0 bridgehead atoms. The Kier molecular flexibility index (Phi) is 6.99. The maximum atomic E-state index is 5.30. The fourth-order valence-electron chi connectivity index (χ4n) is 2.18. The second-order valence-corrected chi connectivity index (χ2v) is 5.45. The Morgan fingerprint density at radius 2 is 1.78 bits per heavy atom. The van der Waals surface area contributed by atoms with Crippen molar-refractivity contribution in [2.45, 2.75) is 33.2 Å². The van der Waals surface area contributed by atoms with Gasteiger partial charge in [0.25, 0.3) is 0 Å². The van der Waals surface area contributed by atoms with Gasteiger partial charge in [0.2, 0.25) is 0 Å². The van der Waals surface area contributed by atoms with Crippen LogP contribution in [-0.4, -0.2) is 26.3 Å². The molecule has 2 unspecified atom stereocenters. The van der Waals surface area contributed by atoms with Crippen molar-refractivity contribution in [1.29, 1.82) is 0 Å². The summed E-state index contributed by atoms with van der Waals surface area (Å²) >= 11 is 0. The minimum Gasteiger partial charge on any atom is -0.384 e. The highest BCUT2D eigenvalue weighted by atomic mass is 16.5. The van der Waals surface area contributed by atoms with E-state index < -0.39 is 0 Å². The SMILES string of the molecule is COCC(C)C(CNC(C)C)Cc1ccccc1. The largest absolute Gasteiger partial charge is 0.384 e. The molecule has 2 nitrogen and oxygen atoms in total. The number of nitrogens with one attached hydrogen (secondary N) is 1. The summed E-state index contributed by atoms with van der Waals surface area (Å²) in [4.78, 5) is 0. The van der Waals surface area contributed by atoms with E-state index >= 15 is 0 Å². The van der Waals surface area contributed by atoms with E-state index in [4.69, 9.17) is 4.74 Å². The van der Waals surface area contributed by atoms with Crippen LogP contribution in [0.15, 0.2) is 30.3 Å². The molecule has 0 aliphatic carbocycles. The van der Waals surface area contributed by atoms with Crippen LogP contribution in [0, 0.1) is 11.8 Å². The number of rotatable bonds is 8. The predicted octanol–water partition coefficient (Wildman–Crippen LogP) is 3.13. The zero-order chi connectivity index (χ0) is 13.4. The molecule has 18 heavy (non-hydrogen) atoms. The van der Waals surface area contributed by atoms with E-state index in [9.17, 15) is 0 Å². The van der Waals surface area contributed by atoms with Crippen molar-refractivity contribution >= 4 is 0 Å². The Morgan fingerprint density at radius 1 is 1.11 bits per heavy atom. The molecule has 0 saturated carbocycles. The average Bonchev–Trinajstić information content (AvgIpc) is 2.35. The van der Waals surface area contributed by atoms with E-state index in [-0.39, 0.29) is 0 Å². The van der Waals surface area contributed by atoms with Gasteiger partial charge in [0.15, 0.2) is 0 Å². The van der Waals surface area contributed by atoms with Crippen molar-refractivity contribution in [3.8, 4) is 0 Å². The first-order valence-electron chi connectivity index (χ1n) is 6.89. The fourth-order valence-corrected chi connectivity index (χ4v) is 2.18. The van der Waals surface area contributed by atoms with Crippen LogP contribution in [0.4, 0.5) is 0 Å².